The summed E-state index contributed by atoms with van der Waals surface area (Å²) < 4.78 is 27.6. The predicted octanol–water partition coefficient (Wildman–Crippen LogP) is 3.78. The maximum Gasteiger partial charge on any atom is 0.265 e. The number of hydrogen-bond donors (Lipinski definition) is 0. The number of carbonyl (C=O) groups excluding carboxylic acids is 1. The number of anilines is 1. The van der Waals surface area contributed by atoms with Crippen molar-refractivity contribution < 1.29 is 13.2 Å². The van der Waals surface area contributed by atoms with E-state index < -0.39 is 10.0 Å². The third-order valence-electron chi connectivity index (χ3n) is 6.70. The second-order valence-electron chi connectivity index (χ2n) is 9.88. The van der Waals surface area contributed by atoms with E-state index in [4.69, 9.17) is 0 Å². The molecule has 3 aliphatic rings. The van der Waals surface area contributed by atoms with Crippen LogP contribution in [0.5, 0.6) is 0 Å². The van der Waals surface area contributed by atoms with Crippen molar-refractivity contribution in [2.45, 2.75) is 51.0 Å². The van der Waals surface area contributed by atoms with E-state index in [0.717, 1.165) is 36.6 Å². The van der Waals surface area contributed by atoms with Crippen molar-refractivity contribution in [1.82, 2.24) is 4.90 Å². The van der Waals surface area contributed by atoms with Crippen LogP contribution in [-0.4, -0.2) is 38.4 Å². The van der Waals surface area contributed by atoms with Crippen LogP contribution in [0.1, 0.15) is 40.0 Å². The second-order valence-corrected chi connectivity index (χ2v) is 11.7. The molecule has 1 saturated heterocycles. The fourth-order valence-electron chi connectivity index (χ4n) is 6.09. The van der Waals surface area contributed by atoms with Gasteiger partial charge >= 0.3 is 0 Å². The van der Waals surface area contributed by atoms with Gasteiger partial charge in [0.15, 0.2) is 0 Å². The van der Waals surface area contributed by atoms with Gasteiger partial charge in [0.25, 0.3) is 10.0 Å². The SMILES string of the molecule is CC1(C)C[C@H]2C[C@@](C)(CN2C(=O)CN2c3cccc4cccc(c34)S2(=O)=O)C1. The van der Waals surface area contributed by atoms with Crippen LogP contribution in [0.3, 0.4) is 0 Å². The molecule has 2 aromatic carbocycles. The quantitative estimate of drug-likeness (QED) is 0.774. The topological polar surface area (TPSA) is 57.7 Å². The van der Waals surface area contributed by atoms with Crippen molar-refractivity contribution in [3.8, 4) is 0 Å². The maximum atomic E-state index is 13.3. The molecular formula is C22H26N2O3S. The van der Waals surface area contributed by atoms with Crippen molar-refractivity contribution in [1.29, 1.82) is 0 Å². The lowest BCUT2D eigenvalue weighted by molar-refractivity contribution is -0.130. The Morgan fingerprint density at radius 2 is 1.82 bits per heavy atom. The normalized spacial score (nSPS) is 29.5. The Morgan fingerprint density at radius 1 is 1.11 bits per heavy atom. The number of hydrogen-bond acceptors (Lipinski definition) is 3. The van der Waals surface area contributed by atoms with Crippen molar-refractivity contribution >= 4 is 32.4 Å². The maximum absolute atomic E-state index is 13.3. The fraction of sp³-hybridized carbons (Fsp3) is 0.500. The molecular weight excluding hydrogens is 372 g/mol. The Bertz CT molecular complexity index is 1100. The van der Waals surface area contributed by atoms with Crippen LogP contribution in [0.15, 0.2) is 41.3 Å². The number of fused-ring (bicyclic) bond motifs is 2. The Hall–Kier alpha value is -2.08. The average Bonchev–Trinajstić information content (AvgIpc) is 2.98. The summed E-state index contributed by atoms with van der Waals surface area (Å²) in [7, 11) is -3.70. The van der Waals surface area contributed by atoms with E-state index in [2.05, 4.69) is 20.8 Å². The molecule has 6 heteroatoms. The third-order valence-corrected chi connectivity index (χ3v) is 8.50. The molecule has 2 atom stereocenters. The number of rotatable bonds is 2. The first-order valence-electron chi connectivity index (χ1n) is 9.94. The zero-order chi connectivity index (χ0) is 19.9. The molecule has 2 aliphatic heterocycles. The largest absolute Gasteiger partial charge is 0.338 e. The van der Waals surface area contributed by atoms with E-state index in [1.54, 1.807) is 18.2 Å². The lowest BCUT2D eigenvalue weighted by Gasteiger charge is -2.39. The predicted molar refractivity (Wildman–Crippen MR) is 110 cm³/mol. The molecule has 1 saturated carbocycles. The van der Waals surface area contributed by atoms with Crippen molar-refractivity contribution in [2.24, 2.45) is 10.8 Å². The summed E-state index contributed by atoms with van der Waals surface area (Å²) in [5.74, 6) is -0.0835. The van der Waals surface area contributed by atoms with E-state index in [1.165, 1.54) is 4.31 Å². The highest BCUT2D eigenvalue weighted by atomic mass is 32.2. The van der Waals surface area contributed by atoms with Gasteiger partial charge in [-0.05, 0) is 47.6 Å². The molecule has 2 aromatic rings. The van der Waals surface area contributed by atoms with E-state index in [-0.39, 0.29) is 29.3 Å². The first kappa shape index (κ1) is 18.0. The van der Waals surface area contributed by atoms with E-state index in [1.807, 2.05) is 23.1 Å². The fourth-order valence-corrected chi connectivity index (χ4v) is 7.75. The van der Waals surface area contributed by atoms with Crippen LogP contribution in [-0.2, 0) is 14.8 Å². The molecule has 1 amide bonds. The zero-order valence-corrected chi connectivity index (χ0v) is 17.4. The standard InChI is InChI=1S/C22H26N2O3S/c1-21(2)10-16-11-22(3,13-21)14-23(16)19(25)12-24-17-8-4-6-15-7-5-9-18(20(15)17)28(24,26)27/h4-9,16H,10-14H2,1-3H3/t16-,22+/m0/s1. The van der Waals surface area contributed by atoms with Gasteiger partial charge in [-0.25, -0.2) is 8.42 Å². The molecule has 5 nitrogen and oxygen atoms in total. The van der Waals surface area contributed by atoms with Gasteiger partial charge in [0, 0.05) is 18.0 Å². The summed E-state index contributed by atoms with van der Waals surface area (Å²) >= 11 is 0. The van der Waals surface area contributed by atoms with E-state index in [0.29, 0.717) is 10.6 Å². The van der Waals surface area contributed by atoms with Crippen LogP contribution in [0.2, 0.25) is 0 Å². The number of benzene rings is 2. The lowest BCUT2D eigenvalue weighted by atomic mass is 9.65. The van der Waals surface area contributed by atoms with Gasteiger partial charge in [0.1, 0.15) is 6.54 Å². The summed E-state index contributed by atoms with van der Waals surface area (Å²) in [5.41, 5.74) is 0.971. The zero-order valence-electron chi connectivity index (χ0n) is 16.6. The number of carbonyl (C=O) groups is 1. The van der Waals surface area contributed by atoms with E-state index in [9.17, 15) is 13.2 Å². The molecule has 148 valence electrons. The molecule has 0 spiro atoms. The summed E-state index contributed by atoms with van der Waals surface area (Å²) in [6, 6.07) is 11.1. The van der Waals surface area contributed by atoms with Crippen LogP contribution >= 0.6 is 0 Å². The smallest absolute Gasteiger partial charge is 0.265 e. The molecule has 5 rings (SSSR count). The van der Waals surface area contributed by atoms with Gasteiger partial charge in [0.2, 0.25) is 5.91 Å². The van der Waals surface area contributed by atoms with Crippen molar-refractivity contribution in [3.63, 3.8) is 0 Å². The molecule has 2 fully saturated rings. The van der Waals surface area contributed by atoms with Crippen molar-refractivity contribution in [2.75, 3.05) is 17.4 Å². The van der Waals surface area contributed by atoms with E-state index >= 15 is 0 Å². The lowest BCUT2D eigenvalue weighted by Crippen LogP contribution is -2.44. The van der Waals surface area contributed by atoms with Crippen LogP contribution in [0.4, 0.5) is 5.69 Å². The second kappa shape index (κ2) is 5.50. The molecule has 1 aliphatic carbocycles. The van der Waals surface area contributed by atoms with Crippen LogP contribution in [0.25, 0.3) is 10.8 Å². The first-order valence-corrected chi connectivity index (χ1v) is 11.4. The molecule has 2 heterocycles. The molecule has 0 radical (unpaired) electrons. The Balaban J connectivity index is 1.48. The summed E-state index contributed by atoms with van der Waals surface area (Å²) in [6.45, 7) is 7.41. The monoisotopic (exact) mass is 398 g/mol. The molecule has 0 unspecified atom stereocenters. The first-order chi connectivity index (χ1) is 13.1. The Kier molecular flexibility index (Phi) is 3.53. The number of sulfonamides is 1. The van der Waals surface area contributed by atoms with Gasteiger partial charge in [-0.2, -0.15) is 0 Å². The Labute approximate surface area is 166 Å². The minimum absolute atomic E-state index is 0.0835. The minimum atomic E-state index is -3.70. The number of likely N-dealkylation sites (tertiary alicyclic amines) is 1. The van der Waals surface area contributed by atoms with Crippen LogP contribution < -0.4 is 4.31 Å². The molecule has 0 N–H and O–H groups in total. The summed E-state index contributed by atoms with van der Waals surface area (Å²) in [5, 5.41) is 1.62. The van der Waals surface area contributed by atoms with Crippen molar-refractivity contribution in [3.05, 3.63) is 36.4 Å². The summed E-state index contributed by atoms with van der Waals surface area (Å²) in [4.78, 5) is 15.5. The van der Waals surface area contributed by atoms with Gasteiger partial charge in [0.05, 0.1) is 10.6 Å². The highest BCUT2D eigenvalue weighted by Gasteiger charge is 2.51. The molecule has 2 bridgehead atoms. The van der Waals surface area contributed by atoms with Gasteiger partial charge < -0.3 is 4.90 Å². The minimum Gasteiger partial charge on any atom is -0.338 e. The van der Waals surface area contributed by atoms with Gasteiger partial charge in [-0.3, -0.25) is 9.10 Å². The molecule has 0 aromatic heterocycles. The number of nitrogens with zero attached hydrogens (tertiary/aromatic N) is 2. The van der Waals surface area contributed by atoms with Gasteiger partial charge in [-0.1, -0.05) is 45.0 Å². The highest BCUT2D eigenvalue weighted by Crippen LogP contribution is 2.52. The highest BCUT2D eigenvalue weighted by molar-refractivity contribution is 7.93. The third kappa shape index (κ3) is 2.50. The Morgan fingerprint density at radius 3 is 2.57 bits per heavy atom. The summed E-state index contributed by atoms with van der Waals surface area (Å²) in [6.07, 6.45) is 3.11. The van der Waals surface area contributed by atoms with Gasteiger partial charge in [-0.15, -0.1) is 0 Å². The average molecular weight is 399 g/mol. The van der Waals surface area contributed by atoms with Crippen LogP contribution in [0, 0.1) is 10.8 Å². The number of amides is 1. The molecule has 28 heavy (non-hydrogen) atoms.